The Morgan fingerprint density at radius 3 is 2.67 bits per heavy atom. The minimum absolute atomic E-state index is 0.293. The van der Waals surface area contributed by atoms with Gasteiger partial charge in [0.1, 0.15) is 0 Å². The predicted molar refractivity (Wildman–Crippen MR) is 46.2 cm³/mol. The number of hydrogen-bond acceptors (Lipinski definition) is 2. The summed E-state index contributed by atoms with van der Waals surface area (Å²) >= 11 is 0. The summed E-state index contributed by atoms with van der Waals surface area (Å²) in [6.07, 6.45) is 1.67. The zero-order chi connectivity index (χ0) is 9.14. The summed E-state index contributed by atoms with van der Waals surface area (Å²) in [6.45, 7) is 4.12. The second-order valence-electron chi connectivity index (χ2n) is 2.99. The van der Waals surface area contributed by atoms with Gasteiger partial charge >= 0.3 is 5.97 Å². The number of esters is 1. The molecule has 1 heterocycles. The summed E-state index contributed by atoms with van der Waals surface area (Å²) in [5, 5.41) is 0. The quantitative estimate of drug-likeness (QED) is 0.684. The molecule has 0 spiro atoms. The Balaban J connectivity index is 2.84. The molecule has 0 aliphatic carbocycles. The predicted octanol–water partition coefficient (Wildman–Crippen LogP) is 1.92. The number of aromatic amines is 1. The molecule has 0 amide bonds. The van der Waals surface area contributed by atoms with E-state index in [1.165, 1.54) is 7.11 Å². The first-order valence-corrected chi connectivity index (χ1v) is 3.91. The van der Waals surface area contributed by atoms with E-state index in [-0.39, 0.29) is 5.97 Å². The van der Waals surface area contributed by atoms with Gasteiger partial charge < -0.3 is 9.72 Å². The molecule has 0 aliphatic heterocycles. The lowest BCUT2D eigenvalue weighted by atomic mass is 10.1. The number of nitrogens with one attached hydrogen (secondary N) is 1. The molecular weight excluding hydrogens is 154 g/mol. The number of carbonyl (C=O) groups excluding carboxylic acids is 1. The third kappa shape index (κ3) is 1.67. The number of rotatable bonds is 2. The van der Waals surface area contributed by atoms with Crippen LogP contribution in [-0.2, 0) is 4.74 Å². The molecule has 3 heteroatoms. The molecule has 1 aromatic heterocycles. The zero-order valence-electron chi connectivity index (χ0n) is 7.55. The Bertz CT molecular complexity index is 276. The molecule has 0 unspecified atom stereocenters. The number of carbonyl (C=O) groups is 1. The number of H-pyrrole nitrogens is 1. The van der Waals surface area contributed by atoms with E-state index >= 15 is 0 Å². The molecular formula is C9H13NO2. The summed E-state index contributed by atoms with van der Waals surface area (Å²) < 4.78 is 4.57. The number of methoxy groups -OCH3 is 1. The van der Waals surface area contributed by atoms with Crippen LogP contribution in [0.4, 0.5) is 0 Å². The van der Waals surface area contributed by atoms with Crippen molar-refractivity contribution in [3.8, 4) is 0 Å². The summed E-state index contributed by atoms with van der Waals surface area (Å²) in [5.74, 6) is 0.113. The Hall–Kier alpha value is -1.25. The van der Waals surface area contributed by atoms with Crippen LogP contribution in [0.15, 0.2) is 12.3 Å². The van der Waals surface area contributed by atoms with Crippen molar-refractivity contribution in [2.75, 3.05) is 7.11 Å². The zero-order valence-corrected chi connectivity index (χ0v) is 7.55. The van der Waals surface area contributed by atoms with E-state index in [0.29, 0.717) is 11.5 Å². The third-order valence-corrected chi connectivity index (χ3v) is 1.75. The summed E-state index contributed by atoms with van der Waals surface area (Å²) in [4.78, 5) is 14.0. The van der Waals surface area contributed by atoms with Crippen LogP contribution in [0.5, 0.6) is 0 Å². The normalized spacial score (nSPS) is 10.3. The maximum Gasteiger partial charge on any atom is 0.339 e. The van der Waals surface area contributed by atoms with Crippen LogP contribution < -0.4 is 0 Å². The van der Waals surface area contributed by atoms with Crippen molar-refractivity contribution >= 4 is 5.97 Å². The highest BCUT2D eigenvalue weighted by molar-refractivity contribution is 5.89. The van der Waals surface area contributed by atoms with Crippen molar-refractivity contribution in [1.29, 1.82) is 0 Å². The molecule has 1 aromatic rings. The van der Waals surface area contributed by atoms with Crippen molar-refractivity contribution in [3.05, 3.63) is 23.5 Å². The molecule has 1 N–H and O–H groups in total. The lowest BCUT2D eigenvalue weighted by Gasteiger charge is -1.97. The molecule has 0 aliphatic rings. The fourth-order valence-corrected chi connectivity index (χ4v) is 0.981. The van der Waals surface area contributed by atoms with Gasteiger partial charge in [-0.2, -0.15) is 0 Å². The van der Waals surface area contributed by atoms with E-state index in [1.807, 2.05) is 6.07 Å². The molecule has 66 valence electrons. The third-order valence-electron chi connectivity index (χ3n) is 1.75. The molecule has 3 nitrogen and oxygen atoms in total. The van der Waals surface area contributed by atoms with E-state index in [4.69, 9.17) is 0 Å². The van der Waals surface area contributed by atoms with Gasteiger partial charge in [-0.3, -0.25) is 0 Å². The lowest BCUT2D eigenvalue weighted by molar-refractivity contribution is 0.0601. The Morgan fingerprint density at radius 1 is 1.58 bits per heavy atom. The van der Waals surface area contributed by atoms with Crippen LogP contribution in [0.2, 0.25) is 0 Å². The maximum atomic E-state index is 11.0. The number of hydrogen-bond donors (Lipinski definition) is 1. The van der Waals surface area contributed by atoms with Crippen molar-refractivity contribution < 1.29 is 9.53 Å². The first-order chi connectivity index (χ1) is 5.65. The van der Waals surface area contributed by atoms with Crippen molar-refractivity contribution in [3.63, 3.8) is 0 Å². The molecule has 0 atom stereocenters. The smallest absolute Gasteiger partial charge is 0.339 e. The molecule has 0 aromatic carbocycles. The standard InChI is InChI=1S/C9H13NO2/c1-6(2)8-4-7(5-10-8)9(11)12-3/h4-6,10H,1-3H3. The number of ether oxygens (including phenoxy) is 1. The van der Waals surface area contributed by atoms with Gasteiger partial charge in [0.05, 0.1) is 12.7 Å². The van der Waals surface area contributed by atoms with Crippen LogP contribution in [0.25, 0.3) is 0 Å². The summed E-state index contributed by atoms with van der Waals surface area (Å²) in [7, 11) is 1.38. The molecule has 0 saturated carbocycles. The minimum atomic E-state index is -0.293. The Labute approximate surface area is 71.7 Å². The fourth-order valence-electron chi connectivity index (χ4n) is 0.981. The van der Waals surface area contributed by atoms with Crippen LogP contribution in [0.1, 0.15) is 35.8 Å². The van der Waals surface area contributed by atoms with Crippen LogP contribution in [0, 0.1) is 0 Å². The van der Waals surface area contributed by atoms with Gasteiger partial charge in [0.15, 0.2) is 0 Å². The van der Waals surface area contributed by atoms with Crippen molar-refractivity contribution in [1.82, 2.24) is 4.98 Å². The fraction of sp³-hybridized carbons (Fsp3) is 0.444. The van der Waals surface area contributed by atoms with Crippen LogP contribution >= 0.6 is 0 Å². The average molecular weight is 167 g/mol. The highest BCUT2D eigenvalue weighted by Crippen LogP contribution is 2.14. The van der Waals surface area contributed by atoms with E-state index in [9.17, 15) is 4.79 Å². The Kier molecular flexibility index (Phi) is 2.53. The summed E-state index contributed by atoms with van der Waals surface area (Å²) in [5.41, 5.74) is 1.64. The topological polar surface area (TPSA) is 42.1 Å². The molecule has 12 heavy (non-hydrogen) atoms. The monoisotopic (exact) mass is 167 g/mol. The van der Waals surface area contributed by atoms with Crippen molar-refractivity contribution in [2.45, 2.75) is 19.8 Å². The highest BCUT2D eigenvalue weighted by atomic mass is 16.5. The molecule has 0 radical (unpaired) electrons. The SMILES string of the molecule is COC(=O)c1c[nH]c(C(C)C)c1. The van der Waals surface area contributed by atoms with Crippen LogP contribution in [-0.4, -0.2) is 18.1 Å². The molecule has 1 rings (SSSR count). The van der Waals surface area contributed by atoms with E-state index < -0.39 is 0 Å². The number of aromatic nitrogens is 1. The molecule has 0 fully saturated rings. The van der Waals surface area contributed by atoms with Gasteiger partial charge in [-0.15, -0.1) is 0 Å². The van der Waals surface area contributed by atoms with Gasteiger partial charge in [0, 0.05) is 11.9 Å². The van der Waals surface area contributed by atoms with E-state index in [1.54, 1.807) is 6.20 Å². The first kappa shape index (κ1) is 8.84. The van der Waals surface area contributed by atoms with Crippen molar-refractivity contribution in [2.24, 2.45) is 0 Å². The van der Waals surface area contributed by atoms with Gasteiger partial charge in [0.25, 0.3) is 0 Å². The second-order valence-corrected chi connectivity index (χ2v) is 2.99. The van der Waals surface area contributed by atoms with Gasteiger partial charge in [-0.25, -0.2) is 4.79 Å². The Morgan fingerprint density at radius 2 is 2.25 bits per heavy atom. The van der Waals surface area contributed by atoms with E-state index in [0.717, 1.165) is 5.69 Å². The van der Waals surface area contributed by atoms with Gasteiger partial charge in [-0.1, -0.05) is 13.8 Å². The molecule has 0 saturated heterocycles. The van der Waals surface area contributed by atoms with Crippen LogP contribution in [0.3, 0.4) is 0 Å². The largest absolute Gasteiger partial charge is 0.465 e. The second kappa shape index (κ2) is 3.43. The highest BCUT2D eigenvalue weighted by Gasteiger charge is 2.09. The maximum absolute atomic E-state index is 11.0. The lowest BCUT2D eigenvalue weighted by Crippen LogP contribution is -1.98. The van der Waals surface area contributed by atoms with E-state index in [2.05, 4.69) is 23.6 Å². The first-order valence-electron chi connectivity index (χ1n) is 3.91. The molecule has 0 bridgehead atoms. The minimum Gasteiger partial charge on any atom is -0.465 e. The van der Waals surface area contributed by atoms with Gasteiger partial charge in [0.2, 0.25) is 0 Å². The summed E-state index contributed by atoms with van der Waals surface area (Å²) in [6, 6.07) is 1.82. The van der Waals surface area contributed by atoms with Gasteiger partial charge in [-0.05, 0) is 12.0 Å². The average Bonchev–Trinajstić information content (AvgIpc) is 2.51.